The van der Waals surface area contributed by atoms with Gasteiger partial charge < -0.3 is 9.72 Å². The first-order chi connectivity index (χ1) is 13.8. The van der Waals surface area contributed by atoms with Crippen molar-refractivity contribution >= 4 is 30.8 Å². The molecule has 3 aromatic rings. The molecule has 8 nitrogen and oxygen atoms in total. The number of ether oxygens (including phenoxy) is 1. The molecule has 0 bridgehead atoms. The molecule has 1 aromatic carbocycles. The van der Waals surface area contributed by atoms with E-state index in [0.717, 1.165) is 31.4 Å². The Morgan fingerprint density at radius 2 is 1.97 bits per heavy atom. The van der Waals surface area contributed by atoms with Crippen molar-refractivity contribution in [2.45, 2.75) is 42.9 Å². The summed E-state index contributed by atoms with van der Waals surface area (Å²) < 4.78 is 30.1. The highest BCUT2D eigenvalue weighted by molar-refractivity contribution is 8.13. The van der Waals surface area contributed by atoms with E-state index in [1.807, 2.05) is 0 Å². The van der Waals surface area contributed by atoms with Gasteiger partial charge in [0.05, 0.1) is 23.3 Å². The Bertz CT molecular complexity index is 1240. The highest BCUT2D eigenvalue weighted by atomic mass is 35.7. The first-order valence-electron chi connectivity index (χ1n) is 9.39. The second kappa shape index (κ2) is 7.46. The molecule has 1 fully saturated rings. The molecule has 0 aliphatic heterocycles. The van der Waals surface area contributed by atoms with Crippen LogP contribution in [0.4, 0.5) is 0 Å². The van der Waals surface area contributed by atoms with Gasteiger partial charge in [0.25, 0.3) is 14.6 Å². The molecule has 10 heteroatoms. The van der Waals surface area contributed by atoms with Crippen molar-refractivity contribution < 1.29 is 13.2 Å². The van der Waals surface area contributed by atoms with Crippen LogP contribution in [0.25, 0.3) is 22.4 Å². The van der Waals surface area contributed by atoms with Crippen molar-refractivity contribution in [2.24, 2.45) is 7.05 Å². The molecule has 1 N–H and O–H groups in total. The summed E-state index contributed by atoms with van der Waals surface area (Å²) in [5, 5.41) is 5.12. The number of aromatic nitrogens is 4. The lowest BCUT2D eigenvalue weighted by Crippen LogP contribution is -2.13. The summed E-state index contributed by atoms with van der Waals surface area (Å²) in [7, 11) is 4.69. The molecule has 0 unspecified atom stereocenters. The Balaban J connectivity index is 1.87. The summed E-state index contributed by atoms with van der Waals surface area (Å²) in [6, 6.07) is 4.16. The molecule has 2 aromatic heterocycles. The van der Waals surface area contributed by atoms with Crippen LogP contribution < -0.4 is 10.3 Å². The summed E-state index contributed by atoms with van der Waals surface area (Å²) in [5.41, 5.74) is 1.48. The third kappa shape index (κ3) is 3.64. The quantitative estimate of drug-likeness (QED) is 0.629. The second-order valence-corrected chi connectivity index (χ2v) is 9.82. The lowest BCUT2D eigenvalue weighted by molar-refractivity contribution is 0.415. The van der Waals surface area contributed by atoms with Crippen LogP contribution in [0.1, 0.15) is 43.7 Å². The van der Waals surface area contributed by atoms with Gasteiger partial charge in [0.15, 0.2) is 5.65 Å². The number of fused-ring (bicyclic) bond motifs is 1. The van der Waals surface area contributed by atoms with E-state index in [9.17, 15) is 13.2 Å². The zero-order chi connectivity index (χ0) is 20.8. The van der Waals surface area contributed by atoms with Crippen LogP contribution in [-0.4, -0.2) is 35.3 Å². The summed E-state index contributed by atoms with van der Waals surface area (Å²) >= 11 is 0. The van der Waals surface area contributed by atoms with Crippen molar-refractivity contribution in [1.82, 2.24) is 19.7 Å². The number of H-pyrrole nitrogens is 1. The van der Waals surface area contributed by atoms with E-state index < -0.39 is 9.05 Å². The molecule has 29 heavy (non-hydrogen) atoms. The number of halogens is 1. The van der Waals surface area contributed by atoms with Gasteiger partial charge in [0.2, 0.25) is 0 Å². The van der Waals surface area contributed by atoms with Crippen molar-refractivity contribution in [1.29, 1.82) is 0 Å². The van der Waals surface area contributed by atoms with E-state index in [1.165, 1.54) is 31.7 Å². The minimum atomic E-state index is -3.91. The average molecular weight is 437 g/mol. The average Bonchev–Trinajstić information content (AvgIpc) is 3.04. The summed E-state index contributed by atoms with van der Waals surface area (Å²) in [6.07, 6.45) is 5.54. The Hall–Kier alpha value is -2.39. The van der Waals surface area contributed by atoms with Gasteiger partial charge in [-0.3, -0.25) is 4.79 Å². The third-order valence-electron chi connectivity index (χ3n) is 5.42. The topological polar surface area (TPSA) is 107 Å². The Morgan fingerprint density at radius 3 is 2.62 bits per heavy atom. The fourth-order valence-corrected chi connectivity index (χ4v) is 4.76. The van der Waals surface area contributed by atoms with E-state index in [2.05, 4.69) is 15.1 Å². The van der Waals surface area contributed by atoms with Crippen molar-refractivity contribution in [3.63, 3.8) is 0 Å². The predicted molar refractivity (Wildman–Crippen MR) is 110 cm³/mol. The van der Waals surface area contributed by atoms with E-state index in [0.29, 0.717) is 16.6 Å². The molecule has 0 saturated heterocycles. The fraction of sp³-hybridized carbons (Fsp3) is 0.421. The Morgan fingerprint density at radius 1 is 1.24 bits per heavy atom. The molecule has 1 aliphatic carbocycles. The van der Waals surface area contributed by atoms with Crippen LogP contribution >= 0.6 is 10.7 Å². The third-order valence-corrected chi connectivity index (χ3v) is 6.77. The van der Waals surface area contributed by atoms with E-state index in [4.69, 9.17) is 15.4 Å². The van der Waals surface area contributed by atoms with Gasteiger partial charge in [0, 0.05) is 29.7 Å². The zero-order valence-corrected chi connectivity index (χ0v) is 17.7. The molecule has 0 atom stereocenters. The standard InChI is InChI=1S/C19H21ClN4O4S/c1-24-18-15(16(23-24)11-6-4-3-5-7-11)19(25)22-17(21-18)13-9-8-12(29(20,26)27)10-14(13)28-2/h8-11H,3-7H2,1-2H3,(H,21,22,25). The number of benzene rings is 1. The highest BCUT2D eigenvalue weighted by Crippen LogP contribution is 2.35. The van der Waals surface area contributed by atoms with E-state index in [1.54, 1.807) is 11.7 Å². The van der Waals surface area contributed by atoms with Crippen LogP contribution in [0, 0.1) is 0 Å². The number of nitrogens with zero attached hydrogens (tertiary/aromatic N) is 3. The first kappa shape index (κ1) is 19.9. The maximum Gasteiger partial charge on any atom is 0.262 e. The SMILES string of the molecule is COc1cc(S(=O)(=O)Cl)ccc1-c1nc2c(c(C3CCCCC3)nn2C)c(=O)[nH]1. The van der Waals surface area contributed by atoms with Crippen molar-refractivity contribution in [2.75, 3.05) is 7.11 Å². The van der Waals surface area contributed by atoms with Gasteiger partial charge >= 0.3 is 0 Å². The number of aryl methyl sites for hydroxylation is 1. The Kier molecular flexibility index (Phi) is 5.12. The monoisotopic (exact) mass is 436 g/mol. The number of hydrogen-bond acceptors (Lipinski definition) is 6. The minimum Gasteiger partial charge on any atom is -0.496 e. The van der Waals surface area contributed by atoms with Gasteiger partial charge in [-0.1, -0.05) is 19.3 Å². The zero-order valence-electron chi connectivity index (χ0n) is 16.1. The van der Waals surface area contributed by atoms with E-state index >= 15 is 0 Å². The molecule has 4 rings (SSSR count). The van der Waals surface area contributed by atoms with Crippen molar-refractivity contribution in [3.8, 4) is 17.1 Å². The van der Waals surface area contributed by atoms with Crippen LogP contribution in [0.5, 0.6) is 5.75 Å². The van der Waals surface area contributed by atoms with Gasteiger partial charge in [0.1, 0.15) is 17.0 Å². The van der Waals surface area contributed by atoms with Crippen LogP contribution in [0.15, 0.2) is 27.9 Å². The molecular formula is C19H21ClN4O4S. The molecule has 1 aliphatic rings. The fourth-order valence-electron chi connectivity index (χ4n) is 3.99. The highest BCUT2D eigenvalue weighted by Gasteiger charge is 2.25. The summed E-state index contributed by atoms with van der Waals surface area (Å²) in [4.78, 5) is 20.3. The molecular weight excluding hydrogens is 416 g/mol. The number of methoxy groups -OCH3 is 1. The van der Waals surface area contributed by atoms with Gasteiger partial charge in [-0.15, -0.1) is 0 Å². The Labute approximate surface area is 172 Å². The van der Waals surface area contributed by atoms with Crippen molar-refractivity contribution in [3.05, 3.63) is 34.2 Å². The molecule has 2 heterocycles. The van der Waals surface area contributed by atoms with Gasteiger partial charge in [-0.2, -0.15) is 5.10 Å². The normalized spacial score (nSPS) is 15.7. The summed E-state index contributed by atoms with van der Waals surface area (Å²) in [5.74, 6) is 0.781. The summed E-state index contributed by atoms with van der Waals surface area (Å²) in [6.45, 7) is 0. The smallest absolute Gasteiger partial charge is 0.262 e. The predicted octanol–water partition coefficient (Wildman–Crippen LogP) is 3.31. The van der Waals surface area contributed by atoms with E-state index in [-0.39, 0.29) is 27.9 Å². The van der Waals surface area contributed by atoms with Gasteiger partial charge in [-0.05, 0) is 25.0 Å². The van der Waals surface area contributed by atoms with Gasteiger partial charge in [-0.25, -0.2) is 18.1 Å². The van der Waals surface area contributed by atoms with Crippen LogP contribution in [0.2, 0.25) is 0 Å². The largest absolute Gasteiger partial charge is 0.496 e. The lowest BCUT2D eigenvalue weighted by atomic mass is 9.86. The lowest BCUT2D eigenvalue weighted by Gasteiger charge is -2.19. The number of aromatic amines is 1. The number of rotatable bonds is 4. The molecule has 0 spiro atoms. The maximum atomic E-state index is 13.0. The van der Waals surface area contributed by atoms with Crippen LogP contribution in [0.3, 0.4) is 0 Å². The van der Waals surface area contributed by atoms with Crippen LogP contribution in [-0.2, 0) is 16.1 Å². The first-order valence-corrected chi connectivity index (χ1v) is 11.7. The second-order valence-electron chi connectivity index (χ2n) is 7.26. The minimum absolute atomic E-state index is 0.0942. The number of hydrogen-bond donors (Lipinski definition) is 1. The maximum absolute atomic E-state index is 13.0. The molecule has 0 amide bonds. The molecule has 1 saturated carbocycles. The molecule has 0 radical (unpaired) electrons. The number of nitrogens with one attached hydrogen (secondary N) is 1. The molecule has 154 valence electrons.